The van der Waals surface area contributed by atoms with Crippen LogP contribution in [0.15, 0.2) is 22.5 Å². The fourth-order valence-electron chi connectivity index (χ4n) is 2.20. The van der Waals surface area contributed by atoms with Crippen LogP contribution in [0.4, 0.5) is 10.8 Å². The van der Waals surface area contributed by atoms with Gasteiger partial charge in [-0.2, -0.15) is 0 Å². The van der Waals surface area contributed by atoms with Crippen LogP contribution in [0.2, 0.25) is 0 Å². The van der Waals surface area contributed by atoms with E-state index in [-0.39, 0.29) is 5.91 Å². The number of hydrogen-bond acceptors (Lipinski definition) is 6. The molecule has 0 saturated carbocycles. The summed E-state index contributed by atoms with van der Waals surface area (Å²) in [6.45, 7) is 6.85. The minimum atomic E-state index is 0.0202. The third kappa shape index (κ3) is 4.94. The van der Waals surface area contributed by atoms with E-state index in [4.69, 9.17) is 0 Å². The second-order valence-electron chi connectivity index (χ2n) is 4.90. The van der Waals surface area contributed by atoms with Crippen molar-refractivity contribution < 1.29 is 4.79 Å². The molecule has 7 heteroatoms. The van der Waals surface area contributed by atoms with Gasteiger partial charge in [-0.05, 0) is 30.9 Å². The van der Waals surface area contributed by atoms with Gasteiger partial charge >= 0.3 is 0 Å². The maximum absolute atomic E-state index is 11.5. The van der Waals surface area contributed by atoms with Crippen molar-refractivity contribution in [1.82, 2.24) is 15.5 Å². The Morgan fingerprint density at radius 2 is 1.87 bits per heavy atom. The van der Waals surface area contributed by atoms with Gasteiger partial charge in [0.25, 0.3) is 0 Å². The fourth-order valence-corrected chi connectivity index (χ4v) is 3.79. The van der Waals surface area contributed by atoms with Crippen molar-refractivity contribution in [3.8, 4) is 0 Å². The zero-order valence-electron chi connectivity index (χ0n) is 13.7. The number of carbonyl (C=O) groups excluding carboxylic acids is 1. The second kappa shape index (κ2) is 8.88. The summed E-state index contributed by atoms with van der Waals surface area (Å²) in [6.07, 6.45) is 1.93. The lowest BCUT2D eigenvalue weighted by atomic mass is 10.0. The maximum Gasteiger partial charge on any atom is 0.230 e. The minimum absolute atomic E-state index is 0.0202. The van der Waals surface area contributed by atoms with Crippen LogP contribution in [0.5, 0.6) is 0 Å². The lowest BCUT2D eigenvalue weighted by Crippen LogP contribution is -2.24. The Kier molecular flexibility index (Phi) is 6.85. The molecule has 0 saturated heterocycles. The molecule has 2 aromatic rings. The first-order chi connectivity index (χ1) is 11.2. The summed E-state index contributed by atoms with van der Waals surface area (Å²) in [5.41, 5.74) is 3.68. The van der Waals surface area contributed by atoms with Crippen LogP contribution in [0, 0.1) is 0 Å². The van der Waals surface area contributed by atoms with Crippen molar-refractivity contribution in [2.24, 2.45) is 0 Å². The average molecular weight is 351 g/mol. The molecule has 1 aromatic heterocycles. The van der Waals surface area contributed by atoms with E-state index in [1.807, 2.05) is 6.92 Å². The molecule has 0 aliphatic carbocycles. The van der Waals surface area contributed by atoms with Crippen molar-refractivity contribution >= 4 is 39.8 Å². The number of anilines is 2. The van der Waals surface area contributed by atoms with Crippen molar-refractivity contribution in [2.45, 2.75) is 38.0 Å². The first kappa shape index (κ1) is 17.7. The highest BCUT2D eigenvalue weighted by atomic mass is 32.2. The molecule has 2 rings (SSSR count). The molecule has 1 heterocycles. The predicted molar refractivity (Wildman–Crippen MR) is 97.8 cm³/mol. The molecular weight excluding hydrogens is 328 g/mol. The first-order valence-corrected chi connectivity index (χ1v) is 9.58. The second-order valence-corrected chi connectivity index (χ2v) is 7.10. The van der Waals surface area contributed by atoms with E-state index in [2.05, 4.69) is 52.9 Å². The fraction of sp³-hybridized carbons (Fsp3) is 0.438. The molecule has 0 radical (unpaired) electrons. The maximum atomic E-state index is 11.5. The van der Waals surface area contributed by atoms with E-state index in [1.54, 1.807) is 0 Å². The molecule has 23 heavy (non-hydrogen) atoms. The molecule has 0 bridgehead atoms. The monoisotopic (exact) mass is 350 g/mol. The standard InChI is InChI=1S/C16H22N4OS2/c1-4-11-8-7-9-12(5-2)14(11)18-15-19-20-16(23-15)22-10-13(21)17-6-3/h7-9H,4-6,10H2,1-3H3,(H,17,21)(H,18,19). The van der Waals surface area contributed by atoms with Gasteiger partial charge < -0.3 is 10.6 Å². The quantitative estimate of drug-likeness (QED) is 0.712. The van der Waals surface area contributed by atoms with E-state index in [9.17, 15) is 4.79 Å². The van der Waals surface area contributed by atoms with Crippen molar-refractivity contribution in [3.63, 3.8) is 0 Å². The molecule has 124 valence electrons. The van der Waals surface area contributed by atoms with Gasteiger partial charge in [0.1, 0.15) is 0 Å². The van der Waals surface area contributed by atoms with Gasteiger partial charge in [0, 0.05) is 12.2 Å². The van der Waals surface area contributed by atoms with E-state index in [0.717, 1.165) is 28.0 Å². The van der Waals surface area contributed by atoms with Gasteiger partial charge in [0.2, 0.25) is 11.0 Å². The van der Waals surface area contributed by atoms with Crippen molar-refractivity contribution in [1.29, 1.82) is 0 Å². The van der Waals surface area contributed by atoms with Gasteiger partial charge in [-0.3, -0.25) is 4.79 Å². The highest BCUT2D eigenvalue weighted by Crippen LogP contribution is 2.31. The lowest BCUT2D eigenvalue weighted by Gasteiger charge is -2.13. The van der Waals surface area contributed by atoms with E-state index in [0.29, 0.717) is 12.3 Å². The third-order valence-electron chi connectivity index (χ3n) is 3.34. The topological polar surface area (TPSA) is 66.9 Å². The highest BCUT2D eigenvalue weighted by Gasteiger charge is 2.11. The Labute approximate surface area is 145 Å². The van der Waals surface area contributed by atoms with Crippen LogP contribution < -0.4 is 10.6 Å². The summed E-state index contributed by atoms with van der Waals surface area (Å²) in [5.74, 6) is 0.389. The number of benzene rings is 1. The molecular formula is C16H22N4OS2. The summed E-state index contributed by atoms with van der Waals surface area (Å²) < 4.78 is 0.797. The van der Waals surface area contributed by atoms with E-state index >= 15 is 0 Å². The number of rotatable bonds is 8. The number of aryl methyl sites for hydroxylation is 2. The minimum Gasteiger partial charge on any atom is -0.356 e. The molecule has 1 amide bonds. The molecule has 0 fully saturated rings. The molecule has 5 nitrogen and oxygen atoms in total. The third-order valence-corrected chi connectivity index (χ3v) is 5.31. The Hall–Kier alpha value is -1.60. The Bertz CT molecular complexity index is 635. The van der Waals surface area contributed by atoms with Crippen LogP contribution in [0.25, 0.3) is 0 Å². The number of hydrogen-bond donors (Lipinski definition) is 2. The van der Waals surface area contributed by atoms with E-state index in [1.165, 1.54) is 34.2 Å². The number of aromatic nitrogens is 2. The zero-order chi connectivity index (χ0) is 16.7. The molecule has 0 atom stereocenters. The summed E-state index contributed by atoms with van der Waals surface area (Å²) in [7, 11) is 0. The number of carbonyl (C=O) groups is 1. The van der Waals surface area contributed by atoms with Gasteiger partial charge in [-0.1, -0.05) is 55.1 Å². The SMILES string of the molecule is CCNC(=O)CSc1nnc(Nc2c(CC)cccc2CC)s1. The van der Waals surface area contributed by atoms with Crippen LogP contribution in [0.1, 0.15) is 31.9 Å². The van der Waals surface area contributed by atoms with Gasteiger partial charge in [0.05, 0.1) is 5.75 Å². The Morgan fingerprint density at radius 1 is 1.17 bits per heavy atom. The summed E-state index contributed by atoms with van der Waals surface area (Å²) in [5, 5.41) is 15.3. The highest BCUT2D eigenvalue weighted by molar-refractivity contribution is 8.01. The number of nitrogens with one attached hydrogen (secondary N) is 2. The van der Waals surface area contributed by atoms with E-state index < -0.39 is 0 Å². The zero-order valence-corrected chi connectivity index (χ0v) is 15.3. The smallest absolute Gasteiger partial charge is 0.230 e. The molecule has 2 N–H and O–H groups in total. The molecule has 0 unspecified atom stereocenters. The van der Waals surface area contributed by atoms with Gasteiger partial charge in [-0.25, -0.2) is 0 Å². The van der Waals surface area contributed by atoms with Crippen molar-refractivity contribution in [3.05, 3.63) is 29.3 Å². The number of nitrogens with zero attached hydrogens (tertiary/aromatic N) is 2. The normalized spacial score (nSPS) is 10.6. The largest absolute Gasteiger partial charge is 0.356 e. The molecule has 0 aliphatic rings. The van der Waals surface area contributed by atoms with Crippen LogP contribution >= 0.6 is 23.1 Å². The lowest BCUT2D eigenvalue weighted by molar-refractivity contribution is -0.118. The summed E-state index contributed by atoms with van der Waals surface area (Å²) >= 11 is 2.89. The van der Waals surface area contributed by atoms with Crippen LogP contribution in [-0.2, 0) is 17.6 Å². The van der Waals surface area contributed by atoms with Crippen LogP contribution in [-0.4, -0.2) is 28.4 Å². The molecule has 0 spiro atoms. The Balaban J connectivity index is 2.06. The number of thioether (sulfide) groups is 1. The average Bonchev–Trinajstić information content (AvgIpc) is 3.01. The molecule has 0 aliphatic heterocycles. The van der Waals surface area contributed by atoms with Gasteiger partial charge in [-0.15, -0.1) is 10.2 Å². The van der Waals surface area contributed by atoms with Crippen molar-refractivity contribution in [2.75, 3.05) is 17.6 Å². The summed E-state index contributed by atoms with van der Waals surface area (Å²) in [4.78, 5) is 11.5. The summed E-state index contributed by atoms with van der Waals surface area (Å²) in [6, 6.07) is 6.36. The Morgan fingerprint density at radius 3 is 2.48 bits per heavy atom. The van der Waals surface area contributed by atoms with Gasteiger partial charge in [0.15, 0.2) is 4.34 Å². The predicted octanol–water partition coefficient (Wildman–Crippen LogP) is 3.63. The first-order valence-electron chi connectivity index (χ1n) is 7.78. The molecule has 1 aromatic carbocycles. The number of amides is 1. The van der Waals surface area contributed by atoms with Crippen LogP contribution in [0.3, 0.4) is 0 Å². The number of para-hydroxylation sites is 1.